The number of hydrogen-bond donors (Lipinski definition) is 0. The van der Waals surface area contributed by atoms with Crippen molar-refractivity contribution in [3.63, 3.8) is 0 Å². The lowest BCUT2D eigenvalue weighted by molar-refractivity contribution is -0.130. The Morgan fingerprint density at radius 2 is 1.96 bits per heavy atom. The molecule has 3 rings (SSSR count). The molecule has 0 radical (unpaired) electrons. The van der Waals surface area contributed by atoms with Crippen LogP contribution in [0.1, 0.15) is 23.6 Å². The second-order valence-electron chi connectivity index (χ2n) is 5.75. The first kappa shape index (κ1) is 18.7. The topological polar surface area (TPSA) is 51.1 Å². The van der Waals surface area contributed by atoms with Crippen LogP contribution in [0.3, 0.4) is 0 Å². The van der Waals surface area contributed by atoms with Gasteiger partial charge in [0.25, 0.3) is 5.91 Å². The van der Waals surface area contributed by atoms with Crippen LogP contribution < -0.4 is 9.47 Å². The van der Waals surface area contributed by atoms with Crippen LogP contribution in [0.5, 0.6) is 11.5 Å². The minimum absolute atomic E-state index is 0.139. The Morgan fingerprint density at radius 3 is 2.58 bits per heavy atom. The normalized spacial score (nSPS) is 16.4. The summed E-state index contributed by atoms with van der Waals surface area (Å²) in [6, 6.07) is 13.1. The minimum atomic E-state index is -0.301. The molecule has 0 aromatic heterocycles. The zero-order chi connectivity index (χ0) is 18.7. The number of rotatable bonds is 5. The summed E-state index contributed by atoms with van der Waals surface area (Å²) < 4.78 is 11.8. The number of carbonyl (C=O) groups excluding carboxylic acids is 1. The van der Waals surface area contributed by atoms with E-state index in [0.717, 1.165) is 21.3 Å². The monoisotopic (exact) mass is 436 g/mol. The number of nitrogens with zero attached hydrogens (tertiary/aromatic N) is 2. The zero-order valence-electron chi connectivity index (χ0n) is 14.4. The number of benzene rings is 2. The number of ether oxygens (including phenoxy) is 2. The number of methoxy groups -OCH3 is 2. The molecule has 1 atom stereocenters. The van der Waals surface area contributed by atoms with Crippen LogP contribution in [0, 0.1) is 0 Å². The van der Waals surface area contributed by atoms with Gasteiger partial charge in [0.2, 0.25) is 0 Å². The average molecular weight is 438 g/mol. The maximum atomic E-state index is 12.4. The van der Waals surface area contributed by atoms with E-state index in [9.17, 15) is 4.79 Å². The van der Waals surface area contributed by atoms with E-state index in [2.05, 4.69) is 21.0 Å². The van der Waals surface area contributed by atoms with Crippen molar-refractivity contribution in [2.45, 2.75) is 12.5 Å². The molecule has 1 heterocycles. The Balaban J connectivity index is 2.02. The van der Waals surface area contributed by atoms with Crippen LogP contribution in [0.4, 0.5) is 0 Å². The smallest absolute Gasteiger partial charge is 0.258 e. The Bertz CT molecular complexity index is 839. The van der Waals surface area contributed by atoms with Crippen molar-refractivity contribution >= 4 is 39.1 Å². The van der Waals surface area contributed by atoms with Gasteiger partial charge >= 0.3 is 0 Å². The van der Waals surface area contributed by atoms with E-state index in [1.807, 2.05) is 42.5 Å². The van der Waals surface area contributed by atoms with Crippen molar-refractivity contribution in [1.29, 1.82) is 0 Å². The predicted molar refractivity (Wildman–Crippen MR) is 105 cm³/mol. The van der Waals surface area contributed by atoms with E-state index in [-0.39, 0.29) is 17.8 Å². The predicted octanol–water partition coefficient (Wildman–Crippen LogP) is 4.38. The summed E-state index contributed by atoms with van der Waals surface area (Å²) in [5, 5.41) is 6.00. The van der Waals surface area contributed by atoms with Crippen molar-refractivity contribution < 1.29 is 14.3 Å². The first-order valence-electron chi connectivity index (χ1n) is 8.00. The van der Waals surface area contributed by atoms with E-state index in [1.54, 1.807) is 14.2 Å². The van der Waals surface area contributed by atoms with Crippen molar-refractivity contribution in [2.75, 3.05) is 20.1 Å². The van der Waals surface area contributed by atoms with Crippen LogP contribution in [0.2, 0.25) is 0 Å². The highest BCUT2D eigenvalue weighted by Gasteiger charge is 2.34. The van der Waals surface area contributed by atoms with E-state index in [1.165, 1.54) is 5.01 Å². The van der Waals surface area contributed by atoms with Gasteiger partial charge in [-0.2, -0.15) is 5.10 Å². The molecule has 1 amide bonds. The van der Waals surface area contributed by atoms with Crippen LogP contribution in [0.15, 0.2) is 52.0 Å². The highest BCUT2D eigenvalue weighted by atomic mass is 79.9. The molecule has 0 saturated carbocycles. The molecular weight excluding hydrogens is 420 g/mol. The number of hydrazone groups is 1. The van der Waals surface area contributed by atoms with E-state index >= 15 is 0 Å². The van der Waals surface area contributed by atoms with Gasteiger partial charge in [0.1, 0.15) is 17.4 Å². The number of hydrogen-bond acceptors (Lipinski definition) is 4. The Hall–Kier alpha value is -2.05. The summed E-state index contributed by atoms with van der Waals surface area (Å²) in [4.78, 5) is 12.4. The quantitative estimate of drug-likeness (QED) is 0.652. The Labute approximate surface area is 165 Å². The van der Waals surface area contributed by atoms with Gasteiger partial charge in [0.05, 0.1) is 26.0 Å². The largest absolute Gasteiger partial charge is 0.497 e. The average Bonchev–Trinajstić information content (AvgIpc) is 3.12. The molecule has 1 aliphatic heterocycles. The number of halogens is 2. The summed E-state index contributed by atoms with van der Waals surface area (Å²) >= 11 is 9.24. The van der Waals surface area contributed by atoms with Crippen molar-refractivity contribution in [2.24, 2.45) is 5.10 Å². The maximum absolute atomic E-state index is 12.4. The number of amides is 1. The fourth-order valence-electron chi connectivity index (χ4n) is 2.96. The summed E-state index contributed by atoms with van der Waals surface area (Å²) in [6.07, 6.45) is 0.563. The van der Waals surface area contributed by atoms with E-state index in [0.29, 0.717) is 17.9 Å². The molecule has 0 fully saturated rings. The van der Waals surface area contributed by atoms with E-state index < -0.39 is 0 Å². The van der Waals surface area contributed by atoms with Crippen molar-refractivity contribution in [3.8, 4) is 11.5 Å². The van der Waals surface area contributed by atoms with Crippen LogP contribution in [-0.4, -0.2) is 36.7 Å². The lowest BCUT2D eigenvalue weighted by Gasteiger charge is -2.23. The highest BCUT2D eigenvalue weighted by molar-refractivity contribution is 9.10. The fraction of sp³-hybridized carbons (Fsp3) is 0.263. The third-order valence-electron chi connectivity index (χ3n) is 4.25. The lowest BCUT2D eigenvalue weighted by Crippen LogP contribution is -2.28. The van der Waals surface area contributed by atoms with Gasteiger partial charge in [0.15, 0.2) is 0 Å². The van der Waals surface area contributed by atoms with Crippen LogP contribution in [0.25, 0.3) is 0 Å². The summed E-state index contributed by atoms with van der Waals surface area (Å²) in [6.45, 7) is 0. The van der Waals surface area contributed by atoms with Gasteiger partial charge in [-0.15, -0.1) is 11.6 Å². The molecule has 0 spiro atoms. The van der Waals surface area contributed by atoms with Crippen molar-refractivity contribution in [3.05, 3.63) is 58.1 Å². The van der Waals surface area contributed by atoms with Crippen LogP contribution >= 0.6 is 27.5 Å². The van der Waals surface area contributed by atoms with Gasteiger partial charge < -0.3 is 9.47 Å². The first-order valence-corrected chi connectivity index (χ1v) is 9.33. The molecule has 0 aliphatic carbocycles. The lowest BCUT2D eigenvalue weighted by atomic mass is 9.97. The molecule has 136 valence electrons. The number of alkyl halides is 1. The fourth-order valence-corrected chi connectivity index (χ4v) is 3.35. The molecule has 7 heteroatoms. The molecule has 0 unspecified atom stereocenters. The summed E-state index contributed by atoms with van der Waals surface area (Å²) in [5.74, 6) is 0.972. The second kappa shape index (κ2) is 8.10. The molecule has 5 nitrogen and oxygen atoms in total. The molecule has 0 saturated heterocycles. The summed E-state index contributed by atoms with van der Waals surface area (Å²) in [5.41, 5.74) is 2.62. The van der Waals surface area contributed by atoms with Gasteiger partial charge in [-0.3, -0.25) is 4.79 Å². The SMILES string of the molecule is COc1ccc(OC)c([C@@H]2CC(c3ccc(Br)cc3)=NN2C(=O)CCl)c1. The highest BCUT2D eigenvalue weighted by Crippen LogP contribution is 2.39. The second-order valence-corrected chi connectivity index (χ2v) is 6.94. The molecule has 1 aliphatic rings. The number of carbonyl (C=O) groups is 1. The van der Waals surface area contributed by atoms with Crippen LogP contribution in [-0.2, 0) is 4.79 Å². The van der Waals surface area contributed by atoms with Gasteiger partial charge in [-0.25, -0.2) is 5.01 Å². The zero-order valence-corrected chi connectivity index (χ0v) is 16.8. The molecule has 0 N–H and O–H groups in total. The van der Waals surface area contributed by atoms with Gasteiger partial charge in [-0.1, -0.05) is 28.1 Å². The Kier molecular flexibility index (Phi) is 5.84. The molecule has 2 aromatic carbocycles. The van der Waals surface area contributed by atoms with Gasteiger partial charge in [-0.05, 0) is 35.9 Å². The summed E-state index contributed by atoms with van der Waals surface area (Å²) in [7, 11) is 3.20. The third kappa shape index (κ3) is 3.71. The minimum Gasteiger partial charge on any atom is -0.497 e. The molecule has 0 bridgehead atoms. The molecule has 2 aromatic rings. The molecular formula is C19H18BrClN2O3. The third-order valence-corrected chi connectivity index (χ3v) is 5.01. The van der Waals surface area contributed by atoms with E-state index in [4.69, 9.17) is 21.1 Å². The maximum Gasteiger partial charge on any atom is 0.258 e. The van der Waals surface area contributed by atoms with Crippen molar-refractivity contribution in [1.82, 2.24) is 5.01 Å². The Morgan fingerprint density at radius 1 is 1.23 bits per heavy atom. The first-order chi connectivity index (χ1) is 12.6. The standard InChI is InChI=1S/C19H18BrClN2O3/c1-25-14-7-8-18(26-2)15(9-14)17-10-16(22-23(17)19(24)11-21)12-3-5-13(20)6-4-12/h3-9,17H,10-11H2,1-2H3/t17-/m0/s1. The molecule has 26 heavy (non-hydrogen) atoms. The van der Waals surface area contributed by atoms with Gasteiger partial charge in [0, 0.05) is 16.5 Å².